The van der Waals surface area contributed by atoms with Crippen LogP contribution in [0.1, 0.15) is 52.4 Å². The van der Waals surface area contributed by atoms with E-state index in [2.05, 4.69) is 19.2 Å². The van der Waals surface area contributed by atoms with Crippen LogP contribution in [0.2, 0.25) is 0 Å². The summed E-state index contributed by atoms with van der Waals surface area (Å²) >= 11 is 0. The van der Waals surface area contributed by atoms with Crippen LogP contribution in [-0.4, -0.2) is 25.8 Å². The molecular weight excluding hydrogens is 186 g/mol. The van der Waals surface area contributed by atoms with E-state index >= 15 is 0 Å². The van der Waals surface area contributed by atoms with E-state index in [1.807, 2.05) is 0 Å². The highest BCUT2D eigenvalue weighted by atomic mass is 16.5. The van der Waals surface area contributed by atoms with Crippen LogP contribution in [0, 0.1) is 5.92 Å². The summed E-state index contributed by atoms with van der Waals surface area (Å²) in [4.78, 5) is 0. The van der Waals surface area contributed by atoms with Gasteiger partial charge in [-0.15, -0.1) is 0 Å². The normalized spacial score (nSPS) is 19.6. The van der Waals surface area contributed by atoms with Crippen LogP contribution < -0.4 is 5.32 Å². The van der Waals surface area contributed by atoms with Crippen LogP contribution in [0.5, 0.6) is 0 Å². The van der Waals surface area contributed by atoms with Gasteiger partial charge in [-0.1, -0.05) is 26.2 Å². The molecular formula is C13H27NO. The lowest BCUT2D eigenvalue weighted by molar-refractivity contribution is 0.130. The molecule has 0 saturated heterocycles. The predicted molar refractivity (Wildman–Crippen MR) is 65.1 cm³/mol. The van der Waals surface area contributed by atoms with Crippen LogP contribution in [0.4, 0.5) is 0 Å². The Labute approximate surface area is 94.8 Å². The lowest BCUT2D eigenvalue weighted by Crippen LogP contribution is -2.31. The first kappa shape index (κ1) is 13.0. The molecule has 0 aromatic heterocycles. The Kier molecular flexibility index (Phi) is 7.03. The number of nitrogens with one attached hydrogen (secondary N) is 1. The maximum absolute atomic E-state index is 5.41. The fourth-order valence-corrected chi connectivity index (χ4v) is 2.31. The van der Waals surface area contributed by atoms with E-state index in [0.29, 0.717) is 0 Å². The predicted octanol–water partition coefficient (Wildman–Crippen LogP) is 2.97. The molecule has 2 nitrogen and oxygen atoms in total. The second-order valence-corrected chi connectivity index (χ2v) is 4.65. The Morgan fingerprint density at radius 2 is 2.00 bits per heavy atom. The third-order valence-corrected chi connectivity index (χ3v) is 3.50. The summed E-state index contributed by atoms with van der Waals surface area (Å²) in [7, 11) is 0. The van der Waals surface area contributed by atoms with E-state index in [-0.39, 0.29) is 0 Å². The van der Waals surface area contributed by atoms with Crippen molar-refractivity contribution >= 4 is 0 Å². The Balaban J connectivity index is 2.04. The van der Waals surface area contributed by atoms with Gasteiger partial charge in [0.15, 0.2) is 0 Å². The molecule has 0 heterocycles. The van der Waals surface area contributed by atoms with Crippen LogP contribution in [0.3, 0.4) is 0 Å². The van der Waals surface area contributed by atoms with Crippen LogP contribution in [0.25, 0.3) is 0 Å². The minimum absolute atomic E-state index is 0.803. The van der Waals surface area contributed by atoms with Crippen molar-refractivity contribution in [2.75, 3.05) is 19.8 Å². The first-order valence-electron chi connectivity index (χ1n) is 6.68. The molecule has 0 aliphatic heterocycles. The highest BCUT2D eigenvalue weighted by Gasteiger charge is 2.15. The van der Waals surface area contributed by atoms with Gasteiger partial charge in [-0.3, -0.25) is 0 Å². The molecule has 1 atom stereocenters. The van der Waals surface area contributed by atoms with Crippen LogP contribution >= 0.6 is 0 Å². The first-order chi connectivity index (χ1) is 7.36. The van der Waals surface area contributed by atoms with Gasteiger partial charge in [-0.25, -0.2) is 0 Å². The molecule has 0 unspecified atom stereocenters. The molecule has 0 radical (unpaired) electrons. The van der Waals surface area contributed by atoms with Crippen molar-refractivity contribution < 1.29 is 4.74 Å². The van der Waals surface area contributed by atoms with Gasteiger partial charge in [0.2, 0.25) is 0 Å². The average Bonchev–Trinajstić information content (AvgIpc) is 2.76. The highest BCUT2D eigenvalue weighted by Crippen LogP contribution is 2.18. The number of hydrogen-bond acceptors (Lipinski definition) is 2. The molecule has 0 spiro atoms. The van der Waals surface area contributed by atoms with E-state index in [1.54, 1.807) is 0 Å². The maximum Gasteiger partial charge on any atom is 0.0469 e. The molecule has 2 heteroatoms. The lowest BCUT2D eigenvalue weighted by Gasteiger charge is -2.19. The molecule has 0 aromatic rings. The van der Waals surface area contributed by atoms with Gasteiger partial charge in [0.05, 0.1) is 0 Å². The van der Waals surface area contributed by atoms with E-state index in [4.69, 9.17) is 4.74 Å². The zero-order valence-corrected chi connectivity index (χ0v) is 10.4. The maximum atomic E-state index is 5.41. The molecule has 0 aromatic carbocycles. The van der Waals surface area contributed by atoms with Crippen LogP contribution in [-0.2, 0) is 4.74 Å². The Bertz CT molecular complexity index is 143. The molecule has 0 amide bonds. The van der Waals surface area contributed by atoms with Gasteiger partial charge in [-0.2, -0.15) is 0 Å². The van der Waals surface area contributed by atoms with E-state index in [9.17, 15) is 0 Å². The van der Waals surface area contributed by atoms with Crippen molar-refractivity contribution in [2.24, 2.45) is 5.92 Å². The zero-order chi connectivity index (χ0) is 10.9. The third-order valence-electron chi connectivity index (χ3n) is 3.50. The van der Waals surface area contributed by atoms with Crippen molar-refractivity contribution in [1.82, 2.24) is 5.32 Å². The summed E-state index contributed by atoms with van der Waals surface area (Å²) in [6.45, 7) is 7.33. The molecule has 1 saturated carbocycles. The van der Waals surface area contributed by atoms with Crippen molar-refractivity contribution in [3.05, 3.63) is 0 Å². The van der Waals surface area contributed by atoms with Crippen molar-refractivity contribution in [3.63, 3.8) is 0 Å². The fraction of sp³-hybridized carbons (Fsp3) is 1.00. The van der Waals surface area contributed by atoms with Crippen molar-refractivity contribution in [1.29, 1.82) is 0 Å². The monoisotopic (exact) mass is 213 g/mol. The van der Waals surface area contributed by atoms with Gasteiger partial charge >= 0.3 is 0 Å². The molecule has 90 valence electrons. The largest absolute Gasteiger partial charge is 0.382 e. The third kappa shape index (κ3) is 5.53. The lowest BCUT2D eigenvalue weighted by atomic mass is 10.0. The molecule has 1 fully saturated rings. The van der Waals surface area contributed by atoms with E-state index in [0.717, 1.165) is 25.2 Å². The minimum atomic E-state index is 0.803. The topological polar surface area (TPSA) is 21.3 Å². The fourth-order valence-electron chi connectivity index (χ4n) is 2.31. The van der Waals surface area contributed by atoms with E-state index < -0.39 is 0 Å². The number of hydrogen-bond donors (Lipinski definition) is 1. The summed E-state index contributed by atoms with van der Waals surface area (Å²) < 4.78 is 5.41. The zero-order valence-electron chi connectivity index (χ0n) is 10.4. The second-order valence-electron chi connectivity index (χ2n) is 4.65. The van der Waals surface area contributed by atoms with Crippen molar-refractivity contribution in [3.8, 4) is 0 Å². The number of ether oxygens (including phenoxy) is 1. The van der Waals surface area contributed by atoms with Crippen molar-refractivity contribution in [2.45, 2.75) is 58.4 Å². The molecule has 1 rings (SSSR count). The summed E-state index contributed by atoms with van der Waals surface area (Å²) in [6.07, 6.45) is 8.11. The van der Waals surface area contributed by atoms with Gasteiger partial charge < -0.3 is 10.1 Å². The summed E-state index contributed by atoms with van der Waals surface area (Å²) in [5.41, 5.74) is 0. The summed E-state index contributed by atoms with van der Waals surface area (Å²) in [5, 5.41) is 3.70. The highest BCUT2D eigenvalue weighted by molar-refractivity contribution is 4.74. The Hall–Kier alpha value is -0.0800. The quantitative estimate of drug-likeness (QED) is 0.626. The molecule has 0 bridgehead atoms. The van der Waals surface area contributed by atoms with Gasteiger partial charge in [0.25, 0.3) is 0 Å². The Morgan fingerprint density at radius 1 is 1.27 bits per heavy atom. The van der Waals surface area contributed by atoms with E-state index in [1.165, 1.54) is 45.1 Å². The standard InChI is InChI=1S/C13H27NO/c1-3-12(9-10-15-4-2)11-14-13-7-5-6-8-13/h12-14H,3-11H2,1-2H3/t12-/m0/s1. The number of rotatable bonds is 8. The van der Waals surface area contributed by atoms with Crippen LogP contribution in [0.15, 0.2) is 0 Å². The molecule has 1 aliphatic carbocycles. The second kappa shape index (κ2) is 8.12. The van der Waals surface area contributed by atoms with Gasteiger partial charge in [0.1, 0.15) is 0 Å². The molecule has 1 N–H and O–H groups in total. The average molecular weight is 213 g/mol. The smallest absolute Gasteiger partial charge is 0.0469 e. The SMILES string of the molecule is CCOCC[C@H](CC)CNC1CCCC1. The molecule has 1 aliphatic rings. The minimum Gasteiger partial charge on any atom is -0.382 e. The van der Waals surface area contributed by atoms with Gasteiger partial charge in [0, 0.05) is 19.3 Å². The van der Waals surface area contributed by atoms with Gasteiger partial charge in [-0.05, 0) is 38.6 Å². The first-order valence-corrected chi connectivity index (χ1v) is 6.68. The Morgan fingerprint density at radius 3 is 2.60 bits per heavy atom. The molecule has 15 heavy (non-hydrogen) atoms. The summed E-state index contributed by atoms with van der Waals surface area (Å²) in [5.74, 6) is 0.803. The summed E-state index contributed by atoms with van der Waals surface area (Å²) in [6, 6.07) is 0.811.